The Bertz CT molecular complexity index is 335. The molecule has 5 heteroatoms. The number of nitrogens with zero attached hydrogens (tertiary/aromatic N) is 2. The number of carboxylic acid groups (broad SMARTS) is 1. The lowest BCUT2D eigenvalue weighted by atomic mass is 9.83. The van der Waals surface area contributed by atoms with E-state index in [1.54, 1.807) is 4.90 Å². The lowest BCUT2D eigenvalue weighted by Crippen LogP contribution is -2.44. The molecular weight excluding hydrogens is 208 g/mol. The number of hydrogen-bond acceptors (Lipinski definition) is 3. The standard InChI is InChI=1S/C11H16N2O3/c1-11(7-12)5-2-6-13(8-11)9(14)3-4-10(15)16/h2-6,8H2,1H3,(H,15,16)/t11-/m1/s1. The highest BCUT2D eigenvalue weighted by Crippen LogP contribution is 2.28. The van der Waals surface area contributed by atoms with Gasteiger partial charge in [-0.25, -0.2) is 0 Å². The Kier molecular flexibility index (Phi) is 3.88. The molecule has 88 valence electrons. The number of aliphatic carboxylic acids is 1. The number of carboxylic acids is 1. The summed E-state index contributed by atoms with van der Waals surface area (Å²) in [4.78, 5) is 23.6. The second-order valence-corrected chi connectivity index (χ2v) is 4.49. The molecule has 1 fully saturated rings. The first-order chi connectivity index (χ1) is 7.47. The number of likely N-dealkylation sites (tertiary alicyclic amines) is 1. The van der Waals surface area contributed by atoms with Gasteiger partial charge in [-0.15, -0.1) is 0 Å². The Morgan fingerprint density at radius 1 is 1.50 bits per heavy atom. The molecule has 1 heterocycles. The summed E-state index contributed by atoms with van der Waals surface area (Å²) in [6.07, 6.45) is 1.49. The first kappa shape index (κ1) is 12.5. The summed E-state index contributed by atoms with van der Waals surface area (Å²) in [5.74, 6) is -1.13. The Hall–Kier alpha value is -1.57. The number of piperidine rings is 1. The molecule has 0 spiro atoms. The summed E-state index contributed by atoms with van der Waals surface area (Å²) >= 11 is 0. The van der Waals surface area contributed by atoms with Gasteiger partial charge in [-0.1, -0.05) is 0 Å². The van der Waals surface area contributed by atoms with Crippen LogP contribution in [0.25, 0.3) is 0 Å². The zero-order chi connectivity index (χ0) is 12.2. The molecule has 0 radical (unpaired) electrons. The van der Waals surface area contributed by atoms with Gasteiger partial charge in [-0.05, 0) is 19.8 Å². The Labute approximate surface area is 94.7 Å². The molecule has 0 aromatic rings. The summed E-state index contributed by atoms with van der Waals surface area (Å²) in [7, 11) is 0. The summed E-state index contributed by atoms with van der Waals surface area (Å²) in [6.45, 7) is 2.89. The fourth-order valence-corrected chi connectivity index (χ4v) is 1.92. The van der Waals surface area contributed by atoms with E-state index < -0.39 is 11.4 Å². The molecule has 1 rings (SSSR count). The van der Waals surface area contributed by atoms with Gasteiger partial charge in [-0.3, -0.25) is 9.59 Å². The average molecular weight is 224 g/mol. The number of carbonyl (C=O) groups is 2. The number of hydrogen-bond donors (Lipinski definition) is 1. The van der Waals surface area contributed by atoms with Crippen molar-refractivity contribution in [1.29, 1.82) is 5.26 Å². The van der Waals surface area contributed by atoms with Gasteiger partial charge in [0.1, 0.15) is 0 Å². The summed E-state index contributed by atoms with van der Waals surface area (Å²) in [5, 5.41) is 17.5. The van der Waals surface area contributed by atoms with Gasteiger partial charge < -0.3 is 10.0 Å². The second-order valence-electron chi connectivity index (χ2n) is 4.49. The van der Waals surface area contributed by atoms with Crippen molar-refractivity contribution in [2.45, 2.75) is 32.6 Å². The SMILES string of the molecule is C[C@]1(C#N)CCCN(C(=O)CCC(=O)O)C1. The van der Waals surface area contributed by atoms with Crippen LogP contribution in [0.3, 0.4) is 0 Å². The zero-order valence-corrected chi connectivity index (χ0v) is 9.40. The highest BCUT2D eigenvalue weighted by molar-refractivity contribution is 5.80. The molecule has 0 aromatic carbocycles. The van der Waals surface area contributed by atoms with Crippen molar-refractivity contribution in [3.05, 3.63) is 0 Å². The van der Waals surface area contributed by atoms with Gasteiger partial charge in [0.05, 0.1) is 17.9 Å². The average Bonchev–Trinajstić information content (AvgIpc) is 2.26. The summed E-state index contributed by atoms with van der Waals surface area (Å²) in [5.41, 5.74) is -0.475. The Morgan fingerprint density at radius 2 is 2.19 bits per heavy atom. The topological polar surface area (TPSA) is 81.4 Å². The Morgan fingerprint density at radius 3 is 2.75 bits per heavy atom. The van der Waals surface area contributed by atoms with E-state index in [1.165, 1.54) is 0 Å². The fraction of sp³-hybridized carbons (Fsp3) is 0.727. The van der Waals surface area contributed by atoms with Gasteiger partial charge in [0, 0.05) is 19.5 Å². The molecule has 1 aliphatic heterocycles. The van der Waals surface area contributed by atoms with Crippen LogP contribution in [0, 0.1) is 16.7 Å². The van der Waals surface area contributed by atoms with Crippen LogP contribution in [0.15, 0.2) is 0 Å². The molecule has 1 atom stereocenters. The van der Waals surface area contributed by atoms with E-state index in [-0.39, 0.29) is 18.7 Å². The third-order valence-electron chi connectivity index (χ3n) is 2.87. The largest absolute Gasteiger partial charge is 0.481 e. The van der Waals surface area contributed by atoms with E-state index in [9.17, 15) is 9.59 Å². The zero-order valence-electron chi connectivity index (χ0n) is 9.40. The predicted octanol–water partition coefficient (Wildman–Crippen LogP) is 1.00. The van der Waals surface area contributed by atoms with Crippen LogP contribution in [0.4, 0.5) is 0 Å². The van der Waals surface area contributed by atoms with Crippen LogP contribution in [0.5, 0.6) is 0 Å². The molecule has 5 nitrogen and oxygen atoms in total. The van der Waals surface area contributed by atoms with Crippen molar-refractivity contribution in [2.24, 2.45) is 5.41 Å². The molecule has 1 amide bonds. The maximum absolute atomic E-state index is 11.7. The molecule has 1 N–H and O–H groups in total. The smallest absolute Gasteiger partial charge is 0.303 e. The minimum absolute atomic E-state index is 0.0246. The normalized spacial score (nSPS) is 24.9. The van der Waals surface area contributed by atoms with E-state index in [0.29, 0.717) is 13.1 Å². The van der Waals surface area contributed by atoms with E-state index in [1.807, 2.05) is 6.92 Å². The first-order valence-corrected chi connectivity index (χ1v) is 5.38. The molecule has 16 heavy (non-hydrogen) atoms. The number of rotatable bonds is 3. The fourth-order valence-electron chi connectivity index (χ4n) is 1.92. The molecule has 0 aliphatic carbocycles. The number of amides is 1. The van der Waals surface area contributed by atoms with Gasteiger partial charge in [0.15, 0.2) is 0 Å². The monoisotopic (exact) mass is 224 g/mol. The van der Waals surface area contributed by atoms with Crippen molar-refractivity contribution in [3.63, 3.8) is 0 Å². The quantitative estimate of drug-likeness (QED) is 0.775. The Balaban J connectivity index is 2.51. The van der Waals surface area contributed by atoms with Gasteiger partial charge in [0.2, 0.25) is 5.91 Å². The van der Waals surface area contributed by atoms with Gasteiger partial charge in [-0.2, -0.15) is 5.26 Å². The maximum atomic E-state index is 11.7. The van der Waals surface area contributed by atoms with Gasteiger partial charge in [0.25, 0.3) is 0 Å². The second kappa shape index (κ2) is 4.97. The molecule has 0 bridgehead atoms. The van der Waals surface area contributed by atoms with Crippen LogP contribution < -0.4 is 0 Å². The van der Waals surface area contributed by atoms with Crippen molar-refractivity contribution in [2.75, 3.05) is 13.1 Å². The minimum atomic E-state index is -0.964. The van der Waals surface area contributed by atoms with Crippen molar-refractivity contribution in [3.8, 4) is 6.07 Å². The maximum Gasteiger partial charge on any atom is 0.303 e. The number of carbonyl (C=O) groups excluding carboxylic acids is 1. The molecule has 0 aromatic heterocycles. The van der Waals surface area contributed by atoms with Gasteiger partial charge >= 0.3 is 5.97 Å². The van der Waals surface area contributed by atoms with Crippen LogP contribution in [-0.2, 0) is 9.59 Å². The third-order valence-corrected chi connectivity index (χ3v) is 2.87. The summed E-state index contributed by atoms with van der Waals surface area (Å²) in [6, 6.07) is 2.22. The molecule has 0 saturated carbocycles. The minimum Gasteiger partial charge on any atom is -0.481 e. The van der Waals surface area contributed by atoms with Crippen molar-refractivity contribution in [1.82, 2.24) is 4.90 Å². The first-order valence-electron chi connectivity index (χ1n) is 5.38. The van der Waals surface area contributed by atoms with Crippen LogP contribution in [0.1, 0.15) is 32.6 Å². The summed E-state index contributed by atoms with van der Waals surface area (Å²) < 4.78 is 0. The lowest BCUT2D eigenvalue weighted by Gasteiger charge is -2.35. The van der Waals surface area contributed by atoms with E-state index in [0.717, 1.165) is 12.8 Å². The highest BCUT2D eigenvalue weighted by Gasteiger charge is 2.32. The van der Waals surface area contributed by atoms with Crippen LogP contribution in [0.2, 0.25) is 0 Å². The van der Waals surface area contributed by atoms with Crippen molar-refractivity contribution < 1.29 is 14.7 Å². The molecule has 0 unspecified atom stereocenters. The third kappa shape index (κ3) is 3.23. The van der Waals surface area contributed by atoms with Crippen LogP contribution in [-0.4, -0.2) is 35.0 Å². The highest BCUT2D eigenvalue weighted by atomic mass is 16.4. The molecule has 1 saturated heterocycles. The van der Waals surface area contributed by atoms with Crippen LogP contribution >= 0.6 is 0 Å². The predicted molar refractivity (Wildman–Crippen MR) is 56.4 cm³/mol. The molecule has 1 aliphatic rings. The van der Waals surface area contributed by atoms with E-state index in [2.05, 4.69) is 6.07 Å². The van der Waals surface area contributed by atoms with E-state index >= 15 is 0 Å². The molecular formula is C11H16N2O3. The van der Waals surface area contributed by atoms with Crippen molar-refractivity contribution >= 4 is 11.9 Å². The van der Waals surface area contributed by atoms with E-state index in [4.69, 9.17) is 10.4 Å². The number of nitriles is 1. The lowest BCUT2D eigenvalue weighted by molar-refractivity contribution is -0.141.